The molecular formula is C25H25N5O4S. The number of nitriles is 1. The van der Waals surface area contributed by atoms with Crippen molar-refractivity contribution in [3.63, 3.8) is 0 Å². The van der Waals surface area contributed by atoms with E-state index in [4.69, 9.17) is 5.26 Å². The summed E-state index contributed by atoms with van der Waals surface area (Å²) in [5, 5.41) is 24.3. The lowest BCUT2D eigenvalue weighted by molar-refractivity contribution is -0.130. The van der Waals surface area contributed by atoms with E-state index in [0.717, 1.165) is 16.9 Å². The molecule has 1 heterocycles. The highest BCUT2D eigenvalue weighted by atomic mass is 32.1. The van der Waals surface area contributed by atoms with Crippen LogP contribution in [0.2, 0.25) is 0 Å². The molecule has 0 saturated heterocycles. The molecule has 35 heavy (non-hydrogen) atoms. The Balaban J connectivity index is 1.73. The number of nitrogens with one attached hydrogen (secondary N) is 2. The standard InChI is InChI=1S/C25H25N5O4S/c1-3-30-23(32)21(35-24(30)20(13-26)25(33)34)14-27-18-10-7-11-19(12-18)28-22(31)16-29(2)15-17-8-5-4-6-9-17/h4-12,14,27H,3,15-16H2,1-2H3,(H,28,31)(H,33,34). The van der Waals surface area contributed by atoms with E-state index in [0.29, 0.717) is 17.9 Å². The fraction of sp³-hybridized carbons (Fsp3) is 0.200. The zero-order valence-electron chi connectivity index (χ0n) is 19.3. The number of hydrogen-bond donors (Lipinski definition) is 3. The summed E-state index contributed by atoms with van der Waals surface area (Å²) in [5.41, 5.74) is 1.47. The summed E-state index contributed by atoms with van der Waals surface area (Å²) in [6.07, 6.45) is 1.47. The van der Waals surface area contributed by atoms with E-state index in [2.05, 4.69) is 10.6 Å². The van der Waals surface area contributed by atoms with E-state index in [1.165, 1.54) is 10.8 Å². The first kappa shape index (κ1) is 25.4. The molecule has 9 nitrogen and oxygen atoms in total. The fourth-order valence-corrected chi connectivity index (χ4v) is 4.49. The number of carboxylic acid groups (broad SMARTS) is 1. The molecule has 180 valence electrons. The number of likely N-dealkylation sites (N-methyl/N-ethyl adjacent to an activating group) is 1. The first-order valence-electron chi connectivity index (χ1n) is 10.8. The zero-order valence-corrected chi connectivity index (χ0v) is 20.1. The molecule has 0 aliphatic rings. The van der Waals surface area contributed by atoms with Gasteiger partial charge in [0.05, 0.1) is 6.54 Å². The largest absolute Gasteiger partial charge is 0.477 e. The van der Waals surface area contributed by atoms with Crippen molar-refractivity contribution in [2.24, 2.45) is 0 Å². The maximum atomic E-state index is 12.7. The summed E-state index contributed by atoms with van der Waals surface area (Å²) < 4.78 is 1.61. The summed E-state index contributed by atoms with van der Waals surface area (Å²) in [6.45, 7) is 2.80. The topological polar surface area (TPSA) is 127 Å². The van der Waals surface area contributed by atoms with Crippen molar-refractivity contribution in [1.82, 2.24) is 9.47 Å². The van der Waals surface area contributed by atoms with Crippen LogP contribution in [0.4, 0.5) is 11.4 Å². The predicted molar refractivity (Wildman–Crippen MR) is 136 cm³/mol. The molecular weight excluding hydrogens is 466 g/mol. The summed E-state index contributed by atoms with van der Waals surface area (Å²) >= 11 is 0.930. The third kappa shape index (κ3) is 6.66. The molecule has 10 heteroatoms. The van der Waals surface area contributed by atoms with Crippen LogP contribution in [-0.2, 0) is 22.7 Å². The Morgan fingerprint density at radius 3 is 2.54 bits per heavy atom. The van der Waals surface area contributed by atoms with Crippen molar-refractivity contribution in [3.05, 3.63) is 79.7 Å². The van der Waals surface area contributed by atoms with Gasteiger partial charge in [-0.3, -0.25) is 19.1 Å². The van der Waals surface area contributed by atoms with Gasteiger partial charge in [-0.1, -0.05) is 36.4 Å². The minimum Gasteiger partial charge on any atom is -0.477 e. The third-order valence-electron chi connectivity index (χ3n) is 4.99. The second kappa shape index (κ2) is 11.8. The molecule has 3 aromatic rings. The highest BCUT2D eigenvalue weighted by Crippen LogP contribution is 2.15. The van der Waals surface area contributed by atoms with Gasteiger partial charge in [0.1, 0.15) is 15.3 Å². The predicted octanol–water partition coefficient (Wildman–Crippen LogP) is 1.61. The fourth-order valence-electron chi connectivity index (χ4n) is 3.41. The highest BCUT2D eigenvalue weighted by Gasteiger charge is 2.14. The Hall–Kier alpha value is -4.20. The lowest BCUT2D eigenvalue weighted by atomic mass is 10.2. The van der Waals surface area contributed by atoms with E-state index in [9.17, 15) is 19.5 Å². The normalized spacial score (nSPS) is 12.2. The van der Waals surface area contributed by atoms with E-state index in [1.54, 1.807) is 37.3 Å². The Labute approximate surface area is 205 Å². The SMILES string of the molecule is CCn1c(=C(C#N)C(=O)O)sc(=CNc2cccc(NC(=O)CN(C)Cc3ccccc3)c2)c1=O. The molecule has 0 unspecified atom stereocenters. The smallest absolute Gasteiger partial charge is 0.349 e. The van der Waals surface area contributed by atoms with Crippen molar-refractivity contribution in [2.45, 2.75) is 20.0 Å². The van der Waals surface area contributed by atoms with Crippen molar-refractivity contribution < 1.29 is 14.7 Å². The minimum atomic E-state index is -1.38. The van der Waals surface area contributed by atoms with Crippen molar-refractivity contribution in [2.75, 3.05) is 24.2 Å². The second-order valence-corrected chi connectivity index (χ2v) is 8.72. The molecule has 0 aliphatic heterocycles. The third-order valence-corrected chi connectivity index (χ3v) is 6.12. The van der Waals surface area contributed by atoms with Crippen molar-refractivity contribution in [3.8, 4) is 6.07 Å². The molecule has 0 atom stereocenters. The van der Waals surface area contributed by atoms with Gasteiger partial charge in [0.2, 0.25) is 5.91 Å². The van der Waals surface area contributed by atoms with Crippen LogP contribution in [0.25, 0.3) is 11.8 Å². The molecule has 0 radical (unpaired) electrons. The highest BCUT2D eigenvalue weighted by molar-refractivity contribution is 7.07. The number of thiazole rings is 1. The van der Waals surface area contributed by atoms with Crippen LogP contribution in [0.1, 0.15) is 12.5 Å². The quantitative estimate of drug-likeness (QED) is 0.415. The Bertz CT molecular complexity index is 1440. The lowest BCUT2D eigenvalue weighted by Crippen LogP contribution is -2.32. The number of carbonyl (C=O) groups is 2. The Kier molecular flexibility index (Phi) is 8.56. The monoisotopic (exact) mass is 491 g/mol. The van der Waals surface area contributed by atoms with Crippen LogP contribution in [0, 0.1) is 11.3 Å². The van der Waals surface area contributed by atoms with Crippen LogP contribution >= 0.6 is 11.3 Å². The molecule has 0 spiro atoms. The number of carbonyl (C=O) groups excluding carboxylic acids is 1. The Morgan fingerprint density at radius 2 is 1.89 bits per heavy atom. The first-order chi connectivity index (χ1) is 16.8. The number of aromatic nitrogens is 1. The van der Waals surface area contributed by atoms with Gasteiger partial charge in [-0.05, 0) is 37.7 Å². The number of carboxylic acids is 1. The molecule has 1 amide bonds. The van der Waals surface area contributed by atoms with Gasteiger partial charge in [0.25, 0.3) is 5.56 Å². The number of anilines is 2. The molecule has 0 bridgehead atoms. The molecule has 1 aromatic heterocycles. The van der Waals surface area contributed by atoms with Gasteiger partial charge >= 0.3 is 5.97 Å². The summed E-state index contributed by atoms with van der Waals surface area (Å²) in [6, 6.07) is 18.5. The van der Waals surface area contributed by atoms with Crippen molar-refractivity contribution >= 4 is 46.4 Å². The molecule has 3 N–H and O–H groups in total. The Morgan fingerprint density at radius 1 is 1.17 bits per heavy atom. The van der Waals surface area contributed by atoms with E-state index in [1.807, 2.05) is 42.3 Å². The van der Waals surface area contributed by atoms with Crippen molar-refractivity contribution in [1.29, 1.82) is 5.26 Å². The van der Waals surface area contributed by atoms with Gasteiger partial charge in [-0.15, -0.1) is 11.3 Å². The van der Waals surface area contributed by atoms with Gasteiger partial charge in [-0.25, -0.2) is 4.79 Å². The average Bonchev–Trinajstić information content (AvgIpc) is 3.13. The molecule has 0 saturated carbocycles. The van der Waals surface area contributed by atoms with Crippen LogP contribution in [-0.4, -0.2) is 40.0 Å². The number of amides is 1. The van der Waals surface area contributed by atoms with Gasteiger partial charge < -0.3 is 15.7 Å². The molecule has 3 rings (SSSR count). The molecule has 0 aliphatic carbocycles. The van der Waals surface area contributed by atoms with E-state index >= 15 is 0 Å². The summed E-state index contributed by atoms with van der Waals surface area (Å²) in [4.78, 5) is 38.4. The minimum absolute atomic E-state index is 0.0983. The zero-order chi connectivity index (χ0) is 25.4. The van der Waals surface area contributed by atoms with E-state index < -0.39 is 11.5 Å². The average molecular weight is 492 g/mol. The maximum absolute atomic E-state index is 12.7. The van der Waals surface area contributed by atoms with Crippen LogP contribution in [0.15, 0.2) is 59.4 Å². The summed E-state index contributed by atoms with van der Waals surface area (Å²) in [5.74, 6) is -1.54. The van der Waals surface area contributed by atoms with Gasteiger partial charge in [-0.2, -0.15) is 5.26 Å². The van der Waals surface area contributed by atoms with Crippen LogP contribution in [0.5, 0.6) is 0 Å². The molecule has 0 fully saturated rings. The summed E-state index contributed by atoms with van der Waals surface area (Å²) in [7, 11) is 1.87. The maximum Gasteiger partial charge on any atom is 0.349 e. The number of benzene rings is 2. The van der Waals surface area contributed by atoms with Gasteiger partial charge in [0.15, 0.2) is 5.57 Å². The van der Waals surface area contributed by atoms with Crippen LogP contribution in [0.3, 0.4) is 0 Å². The number of nitrogens with zero attached hydrogens (tertiary/aromatic N) is 3. The number of aliphatic carboxylic acids is 1. The lowest BCUT2D eigenvalue weighted by Gasteiger charge is -2.16. The van der Waals surface area contributed by atoms with Gasteiger partial charge in [0, 0.05) is 30.7 Å². The first-order valence-corrected chi connectivity index (χ1v) is 11.6. The molecule has 2 aromatic carbocycles. The van der Waals surface area contributed by atoms with E-state index in [-0.39, 0.29) is 33.8 Å². The second-order valence-electron chi connectivity index (χ2n) is 7.69. The number of hydrogen-bond acceptors (Lipinski definition) is 7. The number of rotatable bonds is 9. The van der Waals surface area contributed by atoms with Crippen LogP contribution < -0.4 is 25.4 Å².